The monoisotopic (exact) mass is 260 g/mol. The highest BCUT2D eigenvalue weighted by Gasteiger charge is 2.25. The summed E-state index contributed by atoms with van der Waals surface area (Å²) in [4.78, 5) is 10.5. The van der Waals surface area contributed by atoms with Crippen molar-refractivity contribution in [2.75, 3.05) is 13.4 Å². The topological polar surface area (TPSA) is 101 Å². The molecular weight excluding hydrogens is 248 g/mol. The summed E-state index contributed by atoms with van der Waals surface area (Å²) < 4.78 is 27.8. The number of aliphatic carboxylic acids is 1. The lowest BCUT2D eigenvalue weighted by atomic mass is 10.1. The largest absolute Gasteiger partial charge is 0.495 e. The van der Waals surface area contributed by atoms with Crippen LogP contribution in [0.2, 0.25) is 0 Å². The number of methoxy groups -OCH3 is 1. The van der Waals surface area contributed by atoms with E-state index in [9.17, 15) is 18.3 Å². The summed E-state index contributed by atoms with van der Waals surface area (Å²) in [6.45, 7) is 0. The van der Waals surface area contributed by atoms with Crippen molar-refractivity contribution >= 4 is 15.8 Å². The first kappa shape index (κ1) is 13.5. The number of aliphatic hydroxyl groups is 1. The lowest BCUT2D eigenvalue weighted by Gasteiger charge is -2.14. The molecule has 0 aliphatic rings. The molecule has 0 spiro atoms. The third-order valence-electron chi connectivity index (χ3n) is 2.14. The second-order valence-electron chi connectivity index (χ2n) is 3.39. The van der Waals surface area contributed by atoms with Gasteiger partial charge in [0.1, 0.15) is 10.6 Å². The molecule has 0 amide bonds. The molecule has 1 rings (SSSR count). The van der Waals surface area contributed by atoms with Crippen LogP contribution in [0.1, 0.15) is 11.7 Å². The molecule has 7 heteroatoms. The summed E-state index contributed by atoms with van der Waals surface area (Å²) in [6, 6.07) is 3.93. The number of carbonyl (C=O) groups is 1. The van der Waals surface area contributed by atoms with Crippen molar-refractivity contribution in [3.8, 4) is 5.75 Å². The van der Waals surface area contributed by atoms with E-state index in [2.05, 4.69) is 0 Å². The van der Waals surface area contributed by atoms with Crippen molar-refractivity contribution in [2.45, 2.75) is 11.0 Å². The third kappa shape index (κ3) is 2.75. The number of hydrogen-bond donors (Lipinski definition) is 2. The number of benzene rings is 1. The van der Waals surface area contributed by atoms with Crippen LogP contribution >= 0.6 is 0 Å². The summed E-state index contributed by atoms with van der Waals surface area (Å²) >= 11 is 0. The average molecular weight is 260 g/mol. The number of ether oxygens (including phenoxy) is 1. The van der Waals surface area contributed by atoms with Crippen LogP contribution in [0.4, 0.5) is 0 Å². The molecule has 2 N–H and O–H groups in total. The Morgan fingerprint density at radius 1 is 1.41 bits per heavy atom. The number of aliphatic hydroxyl groups excluding tert-OH is 1. The van der Waals surface area contributed by atoms with E-state index in [1.807, 2.05) is 0 Å². The molecule has 94 valence electrons. The van der Waals surface area contributed by atoms with Gasteiger partial charge in [0.05, 0.1) is 7.11 Å². The van der Waals surface area contributed by atoms with Crippen molar-refractivity contribution in [2.24, 2.45) is 0 Å². The standard InChI is InChI=1S/C10H12O6S/c1-16-9-6(8(11)10(12)13)4-3-5-7(9)17(2,14)15/h3-5,8,11H,1-2H3,(H,12,13). The lowest BCUT2D eigenvalue weighted by molar-refractivity contribution is -0.147. The number of carboxylic acids is 1. The van der Waals surface area contributed by atoms with E-state index in [0.717, 1.165) is 6.26 Å². The maximum atomic E-state index is 11.4. The third-order valence-corrected chi connectivity index (χ3v) is 3.26. The Morgan fingerprint density at radius 2 is 2.00 bits per heavy atom. The van der Waals surface area contributed by atoms with Crippen LogP contribution in [0.5, 0.6) is 5.75 Å². The zero-order chi connectivity index (χ0) is 13.2. The maximum absolute atomic E-state index is 11.4. The first-order chi connectivity index (χ1) is 7.79. The van der Waals surface area contributed by atoms with E-state index in [1.54, 1.807) is 0 Å². The van der Waals surface area contributed by atoms with Gasteiger partial charge in [0.25, 0.3) is 0 Å². The van der Waals surface area contributed by atoms with Crippen LogP contribution in [0.15, 0.2) is 23.1 Å². The molecule has 0 aliphatic heterocycles. The lowest BCUT2D eigenvalue weighted by Crippen LogP contribution is -2.13. The second-order valence-corrected chi connectivity index (χ2v) is 5.38. The minimum Gasteiger partial charge on any atom is -0.495 e. The van der Waals surface area contributed by atoms with E-state index in [1.165, 1.54) is 25.3 Å². The predicted octanol–water partition coefficient (Wildman–Crippen LogP) is 0.217. The molecule has 0 aromatic heterocycles. The molecule has 1 aromatic carbocycles. The summed E-state index contributed by atoms with van der Waals surface area (Å²) in [7, 11) is -2.35. The minimum atomic E-state index is -3.56. The highest BCUT2D eigenvalue weighted by Crippen LogP contribution is 2.32. The van der Waals surface area contributed by atoms with Gasteiger partial charge >= 0.3 is 5.97 Å². The minimum absolute atomic E-state index is 0.0945. The van der Waals surface area contributed by atoms with Crippen molar-refractivity contribution in [1.29, 1.82) is 0 Å². The quantitative estimate of drug-likeness (QED) is 0.803. The Bertz CT molecular complexity index is 534. The maximum Gasteiger partial charge on any atom is 0.337 e. The van der Waals surface area contributed by atoms with Crippen LogP contribution in [-0.2, 0) is 14.6 Å². The number of para-hydroxylation sites is 1. The molecule has 0 aliphatic carbocycles. The fraction of sp³-hybridized carbons (Fsp3) is 0.300. The molecule has 0 saturated carbocycles. The Kier molecular flexibility index (Phi) is 3.74. The van der Waals surface area contributed by atoms with Gasteiger partial charge in [-0.25, -0.2) is 13.2 Å². The second kappa shape index (κ2) is 4.72. The molecule has 6 nitrogen and oxygen atoms in total. The summed E-state index contributed by atoms with van der Waals surface area (Å²) in [5, 5.41) is 18.1. The van der Waals surface area contributed by atoms with Gasteiger partial charge in [-0.05, 0) is 6.07 Å². The van der Waals surface area contributed by atoms with Crippen LogP contribution in [-0.4, -0.2) is 38.0 Å². The molecule has 1 atom stereocenters. The summed E-state index contributed by atoms with van der Waals surface area (Å²) in [6.07, 6.45) is -0.853. The fourth-order valence-electron chi connectivity index (χ4n) is 1.39. The van der Waals surface area contributed by atoms with E-state index in [4.69, 9.17) is 9.84 Å². The zero-order valence-corrected chi connectivity index (χ0v) is 10.1. The van der Waals surface area contributed by atoms with E-state index in [-0.39, 0.29) is 16.2 Å². The first-order valence-electron chi connectivity index (χ1n) is 4.57. The normalized spacial score (nSPS) is 13.1. The first-order valence-corrected chi connectivity index (χ1v) is 6.46. The van der Waals surface area contributed by atoms with Crippen molar-refractivity contribution in [1.82, 2.24) is 0 Å². The van der Waals surface area contributed by atoms with Gasteiger partial charge < -0.3 is 14.9 Å². The predicted molar refractivity (Wildman–Crippen MR) is 58.7 cm³/mol. The fourth-order valence-corrected chi connectivity index (χ4v) is 2.26. The molecular formula is C10H12O6S. The van der Waals surface area contributed by atoms with Crippen molar-refractivity contribution in [3.63, 3.8) is 0 Å². The highest BCUT2D eigenvalue weighted by atomic mass is 32.2. The number of sulfone groups is 1. The Labute approximate surface area is 98.4 Å². The molecule has 0 heterocycles. The Balaban J connectivity index is 3.49. The van der Waals surface area contributed by atoms with Crippen molar-refractivity contribution < 1.29 is 28.2 Å². The Hall–Kier alpha value is -1.60. The number of carboxylic acid groups (broad SMARTS) is 1. The van der Waals surface area contributed by atoms with E-state index < -0.39 is 21.9 Å². The summed E-state index contributed by atoms with van der Waals surface area (Å²) in [5.74, 6) is -1.63. The van der Waals surface area contributed by atoms with E-state index >= 15 is 0 Å². The summed E-state index contributed by atoms with van der Waals surface area (Å²) in [5.41, 5.74) is -0.0945. The van der Waals surface area contributed by atoms with Gasteiger partial charge in [0.2, 0.25) is 0 Å². The molecule has 0 radical (unpaired) electrons. The van der Waals surface area contributed by atoms with Crippen LogP contribution in [0.25, 0.3) is 0 Å². The molecule has 0 saturated heterocycles. The smallest absolute Gasteiger partial charge is 0.337 e. The molecule has 1 aromatic rings. The van der Waals surface area contributed by atoms with Crippen LogP contribution in [0.3, 0.4) is 0 Å². The molecule has 0 fully saturated rings. The van der Waals surface area contributed by atoms with Gasteiger partial charge in [-0.1, -0.05) is 12.1 Å². The molecule has 1 unspecified atom stereocenters. The van der Waals surface area contributed by atoms with Gasteiger partial charge in [-0.2, -0.15) is 0 Å². The molecule has 0 bridgehead atoms. The molecule has 17 heavy (non-hydrogen) atoms. The van der Waals surface area contributed by atoms with Gasteiger partial charge in [-0.3, -0.25) is 0 Å². The Morgan fingerprint density at radius 3 is 2.41 bits per heavy atom. The number of rotatable bonds is 4. The average Bonchev–Trinajstić information content (AvgIpc) is 2.25. The van der Waals surface area contributed by atoms with E-state index in [0.29, 0.717) is 0 Å². The highest BCUT2D eigenvalue weighted by molar-refractivity contribution is 7.90. The van der Waals surface area contributed by atoms with Gasteiger partial charge in [-0.15, -0.1) is 0 Å². The zero-order valence-electron chi connectivity index (χ0n) is 9.25. The van der Waals surface area contributed by atoms with Crippen molar-refractivity contribution in [3.05, 3.63) is 23.8 Å². The van der Waals surface area contributed by atoms with Crippen LogP contribution in [0, 0.1) is 0 Å². The van der Waals surface area contributed by atoms with Gasteiger partial charge in [0.15, 0.2) is 15.9 Å². The van der Waals surface area contributed by atoms with Crippen LogP contribution < -0.4 is 4.74 Å². The number of hydrogen-bond acceptors (Lipinski definition) is 5. The van der Waals surface area contributed by atoms with Gasteiger partial charge in [0, 0.05) is 11.8 Å². The SMILES string of the molecule is COc1c(C(O)C(=O)O)cccc1S(C)(=O)=O.